The Morgan fingerprint density at radius 3 is 2.66 bits per heavy atom. The molecule has 0 amide bonds. The minimum atomic E-state index is -3.62. The lowest BCUT2D eigenvalue weighted by Crippen LogP contribution is -2.41. The van der Waals surface area contributed by atoms with Crippen molar-refractivity contribution in [3.8, 4) is 0 Å². The van der Waals surface area contributed by atoms with Gasteiger partial charge in [0.2, 0.25) is 10.0 Å². The Balaban J connectivity index is 0.00000420. The topological polar surface area (TPSA) is 113 Å². The number of hydrogen-bond donors (Lipinski definition) is 3. The van der Waals surface area contributed by atoms with Crippen molar-refractivity contribution < 1.29 is 12.8 Å². The summed E-state index contributed by atoms with van der Waals surface area (Å²) in [4.78, 5) is 4.06. The number of aryl methyl sites for hydroxylation is 2. The molecule has 3 N–H and O–H groups in total. The number of benzene rings is 1. The van der Waals surface area contributed by atoms with Gasteiger partial charge < -0.3 is 15.2 Å². The van der Waals surface area contributed by atoms with Crippen LogP contribution >= 0.6 is 24.0 Å². The SMILES string of the molecule is CCc1nncn1CCNC(=NC)NCCS(=O)(=O)Nc1ccc(C)c(F)c1.I. The van der Waals surface area contributed by atoms with E-state index in [2.05, 4.69) is 30.5 Å². The molecular weight excluding hydrogens is 512 g/mol. The molecule has 0 unspecified atom stereocenters. The fraction of sp³-hybridized carbons (Fsp3) is 0.471. The maximum Gasteiger partial charge on any atom is 0.234 e. The lowest BCUT2D eigenvalue weighted by atomic mass is 10.2. The minimum absolute atomic E-state index is 0. The fourth-order valence-corrected chi connectivity index (χ4v) is 3.40. The van der Waals surface area contributed by atoms with Crippen molar-refractivity contribution in [3.63, 3.8) is 0 Å². The summed E-state index contributed by atoms with van der Waals surface area (Å²) in [6.45, 7) is 5.01. The summed E-state index contributed by atoms with van der Waals surface area (Å²) >= 11 is 0. The number of aromatic nitrogens is 3. The first-order chi connectivity index (χ1) is 13.3. The van der Waals surface area contributed by atoms with Gasteiger partial charge in [0.25, 0.3) is 0 Å². The van der Waals surface area contributed by atoms with E-state index in [0.29, 0.717) is 24.6 Å². The molecule has 29 heavy (non-hydrogen) atoms. The zero-order valence-electron chi connectivity index (χ0n) is 16.6. The fourth-order valence-electron chi connectivity index (χ4n) is 2.45. The van der Waals surface area contributed by atoms with E-state index in [1.54, 1.807) is 20.3 Å². The molecule has 0 fully saturated rings. The summed E-state index contributed by atoms with van der Waals surface area (Å²) in [6, 6.07) is 4.21. The molecule has 162 valence electrons. The van der Waals surface area contributed by atoms with Crippen molar-refractivity contribution in [2.24, 2.45) is 4.99 Å². The first kappa shape index (κ1) is 25.1. The molecule has 0 aliphatic rings. The number of rotatable bonds is 9. The summed E-state index contributed by atoms with van der Waals surface area (Å²) in [5.74, 6) is 0.744. The van der Waals surface area contributed by atoms with Crippen LogP contribution in [-0.2, 0) is 23.0 Å². The van der Waals surface area contributed by atoms with Gasteiger partial charge in [-0.05, 0) is 24.6 Å². The summed E-state index contributed by atoms with van der Waals surface area (Å²) in [5.41, 5.74) is 0.656. The van der Waals surface area contributed by atoms with Gasteiger partial charge in [0.1, 0.15) is 18.0 Å². The molecule has 0 radical (unpaired) electrons. The summed E-state index contributed by atoms with van der Waals surface area (Å²) in [6.07, 6.45) is 2.46. The van der Waals surface area contributed by atoms with E-state index in [1.807, 2.05) is 11.5 Å². The zero-order chi connectivity index (χ0) is 20.6. The average molecular weight is 539 g/mol. The highest BCUT2D eigenvalue weighted by Crippen LogP contribution is 2.14. The van der Waals surface area contributed by atoms with Gasteiger partial charge >= 0.3 is 0 Å². The van der Waals surface area contributed by atoms with Gasteiger partial charge in [-0.2, -0.15) is 0 Å². The molecule has 0 aliphatic heterocycles. The van der Waals surface area contributed by atoms with E-state index in [9.17, 15) is 12.8 Å². The molecule has 0 saturated heterocycles. The normalized spacial score (nSPS) is 11.7. The van der Waals surface area contributed by atoms with Gasteiger partial charge in [-0.25, -0.2) is 12.8 Å². The number of sulfonamides is 1. The smallest absolute Gasteiger partial charge is 0.234 e. The summed E-state index contributed by atoms with van der Waals surface area (Å²) < 4.78 is 42.2. The largest absolute Gasteiger partial charge is 0.355 e. The van der Waals surface area contributed by atoms with Crippen LogP contribution in [0.2, 0.25) is 0 Å². The van der Waals surface area contributed by atoms with Crippen molar-refractivity contribution in [3.05, 3.63) is 41.7 Å². The highest BCUT2D eigenvalue weighted by molar-refractivity contribution is 14.0. The van der Waals surface area contributed by atoms with Crippen LogP contribution in [0.15, 0.2) is 29.5 Å². The van der Waals surface area contributed by atoms with E-state index in [1.165, 1.54) is 12.1 Å². The van der Waals surface area contributed by atoms with Gasteiger partial charge in [-0.1, -0.05) is 13.0 Å². The average Bonchev–Trinajstić information content (AvgIpc) is 3.10. The van der Waals surface area contributed by atoms with Gasteiger partial charge in [0.05, 0.1) is 11.4 Å². The molecule has 0 spiro atoms. The number of aliphatic imine (C=N–C) groups is 1. The Bertz CT molecular complexity index is 918. The maximum atomic E-state index is 13.5. The van der Waals surface area contributed by atoms with Gasteiger partial charge in [0.15, 0.2) is 5.96 Å². The van der Waals surface area contributed by atoms with Crippen molar-refractivity contribution in [2.45, 2.75) is 26.8 Å². The third-order valence-corrected chi connectivity index (χ3v) is 5.28. The third-order valence-electron chi connectivity index (χ3n) is 3.99. The van der Waals surface area contributed by atoms with Crippen LogP contribution in [0.3, 0.4) is 0 Å². The Kier molecular flexibility index (Phi) is 10.3. The van der Waals surface area contributed by atoms with Crippen LogP contribution in [0.4, 0.5) is 10.1 Å². The van der Waals surface area contributed by atoms with Gasteiger partial charge in [-0.3, -0.25) is 9.71 Å². The Morgan fingerprint density at radius 1 is 1.28 bits per heavy atom. The van der Waals surface area contributed by atoms with Crippen molar-refractivity contribution in [1.29, 1.82) is 0 Å². The number of guanidine groups is 1. The monoisotopic (exact) mass is 539 g/mol. The predicted octanol–water partition coefficient (Wildman–Crippen LogP) is 1.51. The quantitative estimate of drug-likeness (QED) is 0.253. The van der Waals surface area contributed by atoms with E-state index < -0.39 is 15.8 Å². The molecule has 0 bridgehead atoms. The molecular formula is C17H27FIN7O2S. The number of nitrogens with zero attached hydrogens (tertiary/aromatic N) is 4. The molecule has 2 aromatic rings. The molecule has 1 aromatic carbocycles. The Morgan fingerprint density at radius 2 is 2.00 bits per heavy atom. The van der Waals surface area contributed by atoms with Gasteiger partial charge in [0, 0.05) is 33.1 Å². The van der Waals surface area contributed by atoms with Crippen LogP contribution < -0.4 is 15.4 Å². The van der Waals surface area contributed by atoms with Crippen molar-refractivity contribution >= 4 is 45.6 Å². The molecule has 9 nitrogen and oxygen atoms in total. The molecule has 2 rings (SSSR count). The lowest BCUT2D eigenvalue weighted by molar-refractivity contribution is 0.599. The number of anilines is 1. The number of nitrogens with one attached hydrogen (secondary N) is 3. The number of halogens is 2. The molecule has 1 aromatic heterocycles. The first-order valence-electron chi connectivity index (χ1n) is 8.92. The van der Waals surface area contributed by atoms with Crippen LogP contribution in [-0.4, -0.2) is 55.0 Å². The lowest BCUT2D eigenvalue weighted by Gasteiger charge is -2.13. The minimum Gasteiger partial charge on any atom is -0.355 e. The van der Waals surface area contributed by atoms with Crippen molar-refractivity contribution in [1.82, 2.24) is 25.4 Å². The molecule has 12 heteroatoms. The molecule has 1 heterocycles. The van der Waals surface area contributed by atoms with E-state index in [-0.39, 0.29) is 42.0 Å². The predicted molar refractivity (Wildman–Crippen MR) is 123 cm³/mol. The number of hydrogen-bond acceptors (Lipinski definition) is 5. The second-order valence-corrected chi connectivity index (χ2v) is 7.95. The maximum absolute atomic E-state index is 13.5. The highest BCUT2D eigenvalue weighted by atomic mass is 127. The summed E-state index contributed by atoms with van der Waals surface area (Å²) in [5, 5.41) is 13.9. The third kappa shape index (κ3) is 8.12. The molecule has 0 aliphatic carbocycles. The van der Waals surface area contributed by atoms with Crippen LogP contribution in [0.1, 0.15) is 18.3 Å². The first-order valence-corrected chi connectivity index (χ1v) is 10.6. The van der Waals surface area contributed by atoms with Crippen LogP contribution in [0.25, 0.3) is 0 Å². The van der Waals surface area contributed by atoms with Crippen LogP contribution in [0, 0.1) is 12.7 Å². The molecule has 0 saturated carbocycles. The Labute approximate surface area is 187 Å². The molecule has 0 atom stereocenters. The highest BCUT2D eigenvalue weighted by Gasteiger charge is 2.12. The second kappa shape index (κ2) is 11.9. The van der Waals surface area contributed by atoms with E-state index in [0.717, 1.165) is 18.3 Å². The second-order valence-electron chi connectivity index (χ2n) is 6.10. The van der Waals surface area contributed by atoms with E-state index in [4.69, 9.17) is 0 Å². The Hall–Kier alpha value is -1.96. The van der Waals surface area contributed by atoms with Gasteiger partial charge in [-0.15, -0.1) is 34.2 Å². The van der Waals surface area contributed by atoms with E-state index >= 15 is 0 Å². The van der Waals surface area contributed by atoms with Crippen LogP contribution in [0.5, 0.6) is 0 Å². The summed E-state index contributed by atoms with van der Waals surface area (Å²) in [7, 11) is -2.01. The van der Waals surface area contributed by atoms with Crippen molar-refractivity contribution in [2.75, 3.05) is 30.6 Å². The standard InChI is InChI=1S/C17H26FN7O2S.HI/c1-4-16-23-22-12-25(16)9-7-20-17(19-3)21-8-10-28(26,27)24-14-6-5-13(2)15(18)11-14;/h5-6,11-12,24H,4,7-10H2,1-3H3,(H2,19,20,21);1H. The zero-order valence-corrected chi connectivity index (χ0v) is 19.8.